The molecule has 0 saturated carbocycles. The van der Waals surface area contributed by atoms with Crippen LogP contribution in [0, 0.1) is 0 Å². The van der Waals surface area contributed by atoms with Crippen molar-refractivity contribution >= 4 is 65.6 Å². The van der Waals surface area contributed by atoms with Crippen molar-refractivity contribution in [2.45, 2.75) is 19.3 Å². The summed E-state index contributed by atoms with van der Waals surface area (Å²) in [5.41, 5.74) is 16.5. The minimum atomic E-state index is -0.201. The average molecular weight is 691 g/mol. The molecular formula is C51H34N2O. The van der Waals surface area contributed by atoms with Gasteiger partial charge < -0.3 is 13.6 Å². The van der Waals surface area contributed by atoms with E-state index in [-0.39, 0.29) is 5.41 Å². The molecule has 0 bridgehead atoms. The molecule has 3 aromatic heterocycles. The zero-order chi connectivity index (χ0) is 35.7. The van der Waals surface area contributed by atoms with Crippen LogP contribution in [-0.2, 0) is 5.41 Å². The first-order valence-electron chi connectivity index (χ1n) is 18.8. The maximum absolute atomic E-state index is 6.47. The summed E-state index contributed by atoms with van der Waals surface area (Å²) in [4.78, 5) is 0. The Morgan fingerprint density at radius 3 is 1.70 bits per heavy atom. The van der Waals surface area contributed by atoms with E-state index in [9.17, 15) is 0 Å². The van der Waals surface area contributed by atoms with Crippen LogP contribution in [0.25, 0.3) is 99.2 Å². The number of para-hydroxylation sites is 5. The zero-order valence-corrected chi connectivity index (χ0v) is 30.0. The molecule has 0 fully saturated rings. The molecule has 1 aliphatic carbocycles. The Labute approximate surface area is 311 Å². The lowest BCUT2D eigenvalue weighted by atomic mass is 9.81. The second-order valence-corrected chi connectivity index (χ2v) is 15.3. The second-order valence-electron chi connectivity index (χ2n) is 15.3. The monoisotopic (exact) mass is 690 g/mol. The predicted molar refractivity (Wildman–Crippen MR) is 225 cm³/mol. The first-order valence-corrected chi connectivity index (χ1v) is 18.8. The summed E-state index contributed by atoms with van der Waals surface area (Å²) in [5.74, 6) is 0. The maximum atomic E-state index is 6.47. The van der Waals surface area contributed by atoms with Crippen molar-refractivity contribution in [1.29, 1.82) is 0 Å². The average Bonchev–Trinajstić information content (AvgIpc) is 3.93. The Kier molecular flexibility index (Phi) is 5.84. The largest absolute Gasteiger partial charge is 0.455 e. The fourth-order valence-corrected chi connectivity index (χ4v) is 9.66. The van der Waals surface area contributed by atoms with Gasteiger partial charge in [0.1, 0.15) is 11.2 Å². The van der Waals surface area contributed by atoms with E-state index in [0.29, 0.717) is 0 Å². The Bertz CT molecular complexity index is 3350. The molecule has 1 aliphatic rings. The normalized spacial score (nSPS) is 13.5. The van der Waals surface area contributed by atoms with Gasteiger partial charge in [-0.3, -0.25) is 0 Å². The van der Waals surface area contributed by atoms with Crippen LogP contribution in [0.2, 0.25) is 0 Å². The van der Waals surface area contributed by atoms with E-state index in [2.05, 4.69) is 187 Å². The highest BCUT2D eigenvalue weighted by molar-refractivity contribution is 6.29. The van der Waals surface area contributed by atoms with E-state index in [1.807, 2.05) is 6.07 Å². The molecule has 8 aromatic carbocycles. The van der Waals surface area contributed by atoms with Gasteiger partial charge in [-0.2, -0.15) is 0 Å². The summed E-state index contributed by atoms with van der Waals surface area (Å²) in [6.07, 6.45) is 0. The van der Waals surface area contributed by atoms with Crippen LogP contribution in [0.4, 0.5) is 0 Å². The molecule has 0 amide bonds. The highest BCUT2D eigenvalue weighted by atomic mass is 16.3. The standard InChI is InChI=1S/C51H34N2O/c1-51(2)41-29-31(34-18-12-19-38-37-15-8-11-22-47(37)54-50(34)38)23-25-35(41)36-26-24-33(30-42(36)51)53-44-21-10-7-17-40(44)49-46(53)28-27-45-48(49)39-16-6-9-20-43(39)52(45)32-13-4-3-5-14-32/h3-30H,1-2H3. The summed E-state index contributed by atoms with van der Waals surface area (Å²) >= 11 is 0. The molecule has 0 spiro atoms. The van der Waals surface area contributed by atoms with Gasteiger partial charge in [-0.25, -0.2) is 0 Å². The first-order chi connectivity index (χ1) is 26.6. The smallest absolute Gasteiger partial charge is 0.143 e. The van der Waals surface area contributed by atoms with Gasteiger partial charge in [0.05, 0.1) is 22.1 Å². The van der Waals surface area contributed by atoms with Gasteiger partial charge in [-0.1, -0.05) is 123 Å². The van der Waals surface area contributed by atoms with Gasteiger partial charge in [0, 0.05) is 54.7 Å². The number of benzene rings is 8. The molecule has 254 valence electrons. The van der Waals surface area contributed by atoms with E-state index >= 15 is 0 Å². The number of nitrogens with zero attached hydrogens (tertiary/aromatic N) is 2. The fraction of sp³-hybridized carbons (Fsp3) is 0.0588. The Morgan fingerprint density at radius 1 is 0.407 bits per heavy atom. The fourth-order valence-electron chi connectivity index (χ4n) is 9.66. The molecule has 11 aromatic rings. The van der Waals surface area contributed by atoms with Crippen LogP contribution in [0.15, 0.2) is 174 Å². The number of aromatic nitrogens is 2. The van der Waals surface area contributed by atoms with Crippen molar-refractivity contribution in [3.05, 3.63) is 181 Å². The summed E-state index contributed by atoms with van der Waals surface area (Å²) in [6, 6.07) is 62.0. The number of furan rings is 1. The van der Waals surface area contributed by atoms with Crippen molar-refractivity contribution < 1.29 is 4.42 Å². The van der Waals surface area contributed by atoms with Crippen molar-refractivity contribution in [3.63, 3.8) is 0 Å². The van der Waals surface area contributed by atoms with E-state index in [0.717, 1.165) is 27.5 Å². The molecule has 12 rings (SSSR count). The molecule has 3 heterocycles. The third-order valence-electron chi connectivity index (χ3n) is 12.1. The van der Waals surface area contributed by atoms with Crippen LogP contribution < -0.4 is 0 Å². The van der Waals surface area contributed by atoms with Crippen LogP contribution in [-0.4, -0.2) is 9.13 Å². The van der Waals surface area contributed by atoms with E-state index < -0.39 is 0 Å². The highest BCUT2D eigenvalue weighted by Crippen LogP contribution is 2.51. The molecule has 0 saturated heterocycles. The van der Waals surface area contributed by atoms with Gasteiger partial charge >= 0.3 is 0 Å². The van der Waals surface area contributed by atoms with Gasteiger partial charge in [0.2, 0.25) is 0 Å². The van der Waals surface area contributed by atoms with E-state index in [4.69, 9.17) is 4.42 Å². The molecule has 3 nitrogen and oxygen atoms in total. The maximum Gasteiger partial charge on any atom is 0.143 e. The van der Waals surface area contributed by atoms with Gasteiger partial charge in [-0.15, -0.1) is 0 Å². The zero-order valence-electron chi connectivity index (χ0n) is 30.0. The van der Waals surface area contributed by atoms with Gasteiger partial charge in [0.15, 0.2) is 0 Å². The summed E-state index contributed by atoms with van der Waals surface area (Å²) < 4.78 is 11.4. The molecule has 0 radical (unpaired) electrons. The molecule has 0 aliphatic heterocycles. The number of hydrogen-bond acceptors (Lipinski definition) is 1. The van der Waals surface area contributed by atoms with Crippen LogP contribution in [0.1, 0.15) is 25.0 Å². The SMILES string of the molecule is CC1(C)c2cc(-c3cccc4c3oc3ccccc34)ccc2-c2ccc(-n3c4ccccc4c4c5c6ccccc6n(-c6ccccc6)c5ccc43)cc21. The molecule has 3 heteroatoms. The van der Waals surface area contributed by atoms with Crippen LogP contribution >= 0.6 is 0 Å². The highest BCUT2D eigenvalue weighted by Gasteiger charge is 2.36. The van der Waals surface area contributed by atoms with Crippen LogP contribution in [0.5, 0.6) is 0 Å². The van der Waals surface area contributed by atoms with Crippen molar-refractivity contribution in [2.24, 2.45) is 0 Å². The number of rotatable bonds is 3. The second kappa shape index (κ2) is 10.6. The lowest BCUT2D eigenvalue weighted by molar-refractivity contribution is 0.659. The van der Waals surface area contributed by atoms with Crippen molar-refractivity contribution in [2.75, 3.05) is 0 Å². The van der Waals surface area contributed by atoms with E-state index in [1.54, 1.807) is 0 Å². The van der Waals surface area contributed by atoms with Crippen molar-refractivity contribution in [1.82, 2.24) is 9.13 Å². The lowest BCUT2D eigenvalue weighted by Gasteiger charge is -2.23. The Balaban J connectivity index is 1.05. The predicted octanol–water partition coefficient (Wildman–Crippen LogP) is 13.8. The molecule has 0 unspecified atom stereocenters. The number of fused-ring (bicyclic) bond motifs is 13. The van der Waals surface area contributed by atoms with Gasteiger partial charge in [0.25, 0.3) is 0 Å². The summed E-state index contributed by atoms with van der Waals surface area (Å²) in [7, 11) is 0. The third kappa shape index (κ3) is 3.85. The van der Waals surface area contributed by atoms with E-state index in [1.165, 1.54) is 82.8 Å². The first kappa shape index (κ1) is 29.7. The molecule has 0 atom stereocenters. The Hall–Kier alpha value is -6.84. The topological polar surface area (TPSA) is 23.0 Å². The molecule has 0 N–H and O–H groups in total. The summed E-state index contributed by atoms with van der Waals surface area (Å²) in [6.45, 7) is 4.75. The quantitative estimate of drug-likeness (QED) is 0.181. The minimum Gasteiger partial charge on any atom is -0.455 e. The molecule has 54 heavy (non-hydrogen) atoms. The minimum absolute atomic E-state index is 0.201. The Morgan fingerprint density at radius 2 is 0.981 bits per heavy atom. The molecular weight excluding hydrogens is 657 g/mol. The number of hydrogen-bond donors (Lipinski definition) is 0. The lowest BCUT2D eigenvalue weighted by Crippen LogP contribution is -2.15. The van der Waals surface area contributed by atoms with Gasteiger partial charge in [-0.05, 0) is 88.5 Å². The van der Waals surface area contributed by atoms with Crippen LogP contribution in [0.3, 0.4) is 0 Å². The van der Waals surface area contributed by atoms with Crippen molar-refractivity contribution in [3.8, 4) is 33.6 Å². The third-order valence-corrected chi connectivity index (χ3v) is 12.1. The summed E-state index contributed by atoms with van der Waals surface area (Å²) in [5, 5.41) is 7.43.